The smallest absolute Gasteiger partial charge is 0.0880 e. The van der Waals surface area contributed by atoms with Gasteiger partial charge < -0.3 is 9.84 Å². The third-order valence-electron chi connectivity index (χ3n) is 2.56. The maximum Gasteiger partial charge on any atom is 0.0880 e. The van der Waals surface area contributed by atoms with E-state index < -0.39 is 5.60 Å². The third-order valence-corrected chi connectivity index (χ3v) is 2.56. The molecule has 1 N–H and O–H groups in total. The summed E-state index contributed by atoms with van der Waals surface area (Å²) in [6.45, 7) is 6.58. The van der Waals surface area contributed by atoms with Gasteiger partial charge in [-0.05, 0) is 33.6 Å². The van der Waals surface area contributed by atoms with Crippen LogP contribution in [0.15, 0.2) is 0 Å². The first kappa shape index (κ1) is 11.0. The Morgan fingerprint density at radius 1 is 1.15 bits per heavy atom. The monoisotopic (exact) mass is 186 g/mol. The second-order valence-electron chi connectivity index (χ2n) is 5.19. The zero-order valence-corrected chi connectivity index (χ0v) is 9.10. The van der Waals surface area contributed by atoms with Crippen molar-refractivity contribution in [3.8, 4) is 0 Å². The molecule has 2 heteroatoms. The van der Waals surface area contributed by atoms with Crippen LogP contribution in [0.5, 0.6) is 0 Å². The largest absolute Gasteiger partial charge is 0.387 e. The molecule has 1 fully saturated rings. The van der Waals surface area contributed by atoms with Crippen LogP contribution in [-0.4, -0.2) is 22.9 Å². The summed E-state index contributed by atoms with van der Waals surface area (Å²) >= 11 is 0. The van der Waals surface area contributed by atoms with E-state index in [0.717, 1.165) is 25.7 Å². The summed E-state index contributed by atoms with van der Waals surface area (Å²) in [4.78, 5) is 0. The summed E-state index contributed by atoms with van der Waals surface area (Å²) in [5.74, 6) is 0. The first-order chi connectivity index (χ1) is 5.91. The highest BCUT2D eigenvalue weighted by molar-refractivity contribution is 4.82. The van der Waals surface area contributed by atoms with Crippen molar-refractivity contribution in [2.24, 2.45) is 0 Å². The topological polar surface area (TPSA) is 29.5 Å². The SMILES string of the molecule is CC(C)(C)OCC1(O)CCCCC1. The number of aliphatic hydroxyl groups is 1. The molecule has 0 unspecified atom stereocenters. The van der Waals surface area contributed by atoms with Crippen LogP contribution in [0.25, 0.3) is 0 Å². The third kappa shape index (κ3) is 4.10. The lowest BCUT2D eigenvalue weighted by molar-refractivity contribution is -0.113. The van der Waals surface area contributed by atoms with Crippen molar-refractivity contribution in [2.45, 2.75) is 64.1 Å². The summed E-state index contributed by atoms with van der Waals surface area (Å²) in [5.41, 5.74) is -0.668. The Kier molecular flexibility index (Phi) is 3.36. The molecular formula is C11H22O2. The molecule has 0 bridgehead atoms. The van der Waals surface area contributed by atoms with E-state index >= 15 is 0 Å². The molecule has 0 aromatic heterocycles. The van der Waals surface area contributed by atoms with Gasteiger partial charge in [-0.15, -0.1) is 0 Å². The van der Waals surface area contributed by atoms with E-state index in [-0.39, 0.29) is 5.60 Å². The molecule has 0 amide bonds. The standard InChI is InChI=1S/C11H22O2/c1-10(2,3)13-9-11(12)7-5-4-6-8-11/h12H,4-9H2,1-3H3. The minimum absolute atomic E-state index is 0.132. The molecule has 2 nitrogen and oxygen atoms in total. The van der Waals surface area contributed by atoms with Crippen LogP contribution in [0.4, 0.5) is 0 Å². The van der Waals surface area contributed by atoms with Crippen molar-refractivity contribution in [1.82, 2.24) is 0 Å². The van der Waals surface area contributed by atoms with Crippen molar-refractivity contribution >= 4 is 0 Å². The highest BCUT2D eigenvalue weighted by Gasteiger charge is 2.30. The lowest BCUT2D eigenvalue weighted by atomic mass is 9.85. The summed E-state index contributed by atoms with van der Waals surface area (Å²) in [6.07, 6.45) is 5.36. The van der Waals surface area contributed by atoms with E-state index in [1.165, 1.54) is 6.42 Å². The van der Waals surface area contributed by atoms with Crippen LogP contribution in [0.1, 0.15) is 52.9 Å². The molecule has 1 aliphatic carbocycles. The molecular weight excluding hydrogens is 164 g/mol. The lowest BCUT2D eigenvalue weighted by Crippen LogP contribution is -2.39. The van der Waals surface area contributed by atoms with Crippen molar-refractivity contribution in [1.29, 1.82) is 0 Å². The first-order valence-corrected chi connectivity index (χ1v) is 5.28. The van der Waals surface area contributed by atoms with Crippen molar-refractivity contribution < 1.29 is 9.84 Å². The Hall–Kier alpha value is -0.0800. The predicted octanol–water partition coefficient (Wildman–Crippen LogP) is 2.50. The molecule has 1 aliphatic rings. The Morgan fingerprint density at radius 2 is 1.69 bits per heavy atom. The maximum atomic E-state index is 10.1. The van der Waals surface area contributed by atoms with Crippen LogP contribution in [0, 0.1) is 0 Å². The van der Waals surface area contributed by atoms with Gasteiger partial charge in [0.2, 0.25) is 0 Å². The van der Waals surface area contributed by atoms with Crippen LogP contribution < -0.4 is 0 Å². The maximum absolute atomic E-state index is 10.1. The summed E-state index contributed by atoms with van der Waals surface area (Å²) in [5, 5.41) is 10.1. The Morgan fingerprint density at radius 3 is 2.15 bits per heavy atom. The van der Waals surface area contributed by atoms with Crippen molar-refractivity contribution in [3.05, 3.63) is 0 Å². The second-order valence-corrected chi connectivity index (χ2v) is 5.19. The van der Waals surface area contributed by atoms with Gasteiger partial charge in [0.15, 0.2) is 0 Å². The Labute approximate surface area is 81.3 Å². The molecule has 0 spiro atoms. The van der Waals surface area contributed by atoms with Gasteiger partial charge in [-0.1, -0.05) is 19.3 Å². The van der Waals surface area contributed by atoms with E-state index in [2.05, 4.69) is 0 Å². The predicted molar refractivity (Wildman–Crippen MR) is 53.7 cm³/mol. The molecule has 0 radical (unpaired) electrons. The molecule has 1 saturated carbocycles. The van der Waals surface area contributed by atoms with Gasteiger partial charge in [-0.2, -0.15) is 0 Å². The fourth-order valence-corrected chi connectivity index (χ4v) is 1.71. The van der Waals surface area contributed by atoms with Gasteiger partial charge in [-0.25, -0.2) is 0 Å². The van der Waals surface area contributed by atoms with Gasteiger partial charge in [0.25, 0.3) is 0 Å². The highest BCUT2D eigenvalue weighted by atomic mass is 16.5. The Bertz CT molecular complexity index is 152. The first-order valence-electron chi connectivity index (χ1n) is 5.28. The van der Waals surface area contributed by atoms with Gasteiger partial charge >= 0.3 is 0 Å². The zero-order valence-electron chi connectivity index (χ0n) is 9.10. The molecule has 0 atom stereocenters. The van der Waals surface area contributed by atoms with Gasteiger partial charge in [0.05, 0.1) is 17.8 Å². The van der Waals surface area contributed by atoms with E-state index in [1.54, 1.807) is 0 Å². The fourth-order valence-electron chi connectivity index (χ4n) is 1.71. The van der Waals surface area contributed by atoms with E-state index in [9.17, 15) is 5.11 Å². The summed E-state index contributed by atoms with van der Waals surface area (Å²) in [6, 6.07) is 0. The van der Waals surface area contributed by atoms with E-state index in [0.29, 0.717) is 6.61 Å². The van der Waals surface area contributed by atoms with Crippen LogP contribution in [-0.2, 0) is 4.74 Å². The number of rotatable bonds is 2. The molecule has 78 valence electrons. The average molecular weight is 186 g/mol. The lowest BCUT2D eigenvalue weighted by Gasteiger charge is -2.34. The average Bonchev–Trinajstić information content (AvgIpc) is 2.02. The van der Waals surface area contributed by atoms with Crippen molar-refractivity contribution in [3.63, 3.8) is 0 Å². The molecule has 0 aliphatic heterocycles. The van der Waals surface area contributed by atoms with E-state index in [1.807, 2.05) is 20.8 Å². The summed E-state index contributed by atoms with van der Waals surface area (Å²) in [7, 11) is 0. The van der Waals surface area contributed by atoms with Gasteiger partial charge in [-0.3, -0.25) is 0 Å². The van der Waals surface area contributed by atoms with Gasteiger partial charge in [0.1, 0.15) is 0 Å². The van der Waals surface area contributed by atoms with Crippen LogP contribution in [0.3, 0.4) is 0 Å². The van der Waals surface area contributed by atoms with Crippen LogP contribution in [0.2, 0.25) is 0 Å². The minimum atomic E-state index is -0.536. The molecule has 1 rings (SSSR count). The quantitative estimate of drug-likeness (QED) is 0.718. The van der Waals surface area contributed by atoms with E-state index in [4.69, 9.17) is 4.74 Å². The number of hydrogen-bond acceptors (Lipinski definition) is 2. The number of ether oxygens (including phenoxy) is 1. The van der Waals surface area contributed by atoms with Crippen molar-refractivity contribution in [2.75, 3.05) is 6.61 Å². The number of hydrogen-bond donors (Lipinski definition) is 1. The molecule has 0 saturated heterocycles. The molecule has 0 heterocycles. The Balaban J connectivity index is 2.33. The summed E-state index contributed by atoms with van der Waals surface area (Å²) < 4.78 is 5.62. The molecule has 13 heavy (non-hydrogen) atoms. The normalized spacial score (nSPS) is 23.1. The molecule has 0 aromatic rings. The fraction of sp³-hybridized carbons (Fsp3) is 1.00. The molecule has 0 aromatic carbocycles. The van der Waals surface area contributed by atoms with Crippen LogP contribution >= 0.6 is 0 Å². The second kappa shape index (κ2) is 3.97. The van der Waals surface area contributed by atoms with Gasteiger partial charge in [0, 0.05) is 0 Å². The highest BCUT2D eigenvalue weighted by Crippen LogP contribution is 2.29. The minimum Gasteiger partial charge on any atom is -0.387 e. The zero-order chi connectivity index (χ0) is 9.95.